The zero-order chi connectivity index (χ0) is 11.1. The fourth-order valence-corrected chi connectivity index (χ4v) is 1.91. The number of nitrogens with one attached hydrogen (secondary N) is 1. The number of benzene rings is 1. The molecule has 0 saturated heterocycles. The maximum absolute atomic E-state index is 6.27. The highest BCUT2D eigenvalue weighted by atomic mass is 15.1. The summed E-state index contributed by atoms with van der Waals surface area (Å²) in [5.41, 5.74) is 9.51. The van der Waals surface area contributed by atoms with Crippen LogP contribution in [0.5, 0.6) is 0 Å². The molecule has 0 spiro atoms. The number of H-pyrrole nitrogens is 1. The molecule has 2 rings (SSSR count). The Labute approximate surface area is 89.7 Å². The fraction of sp³-hybridized carbons (Fsp3) is 0.417. The Bertz CT molecular complexity index is 483. The number of aromatic amines is 1. The van der Waals surface area contributed by atoms with Crippen LogP contribution in [0.2, 0.25) is 0 Å². The number of hydrogen-bond donors (Lipinski definition) is 2. The molecule has 0 fully saturated rings. The third-order valence-corrected chi connectivity index (χ3v) is 3.13. The Kier molecular flexibility index (Phi) is 2.27. The minimum Gasteiger partial charge on any atom is -0.322 e. The molecular formula is C12H17N3. The molecule has 0 amide bonds. The van der Waals surface area contributed by atoms with E-state index in [2.05, 4.69) is 43.1 Å². The summed E-state index contributed by atoms with van der Waals surface area (Å²) in [5.74, 6) is 0. The standard InChI is InChI=1S/C12H17N3/c1-4-12(3,13)10-6-9-7-14-15-11(9)5-8(10)2/h5-7H,4,13H2,1-3H3,(H,14,15)/t12-/m0/s1. The average Bonchev–Trinajstić information content (AvgIpc) is 2.63. The molecular weight excluding hydrogens is 186 g/mol. The van der Waals surface area contributed by atoms with E-state index < -0.39 is 0 Å². The van der Waals surface area contributed by atoms with E-state index in [1.165, 1.54) is 11.1 Å². The first-order chi connectivity index (χ1) is 7.04. The van der Waals surface area contributed by atoms with Gasteiger partial charge in [-0.3, -0.25) is 5.10 Å². The molecule has 80 valence electrons. The molecule has 1 aromatic heterocycles. The van der Waals surface area contributed by atoms with Crippen molar-refractivity contribution in [1.29, 1.82) is 0 Å². The van der Waals surface area contributed by atoms with Crippen molar-refractivity contribution in [2.45, 2.75) is 32.7 Å². The largest absolute Gasteiger partial charge is 0.322 e. The van der Waals surface area contributed by atoms with Gasteiger partial charge in [0, 0.05) is 10.9 Å². The molecule has 1 atom stereocenters. The molecule has 0 bridgehead atoms. The quantitative estimate of drug-likeness (QED) is 0.787. The lowest BCUT2D eigenvalue weighted by Gasteiger charge is -2.25. The number of aryl methyl sites for hydroxylation is 1. The maximum Gasteiger partial charge on any atom is 0.0653 e. The lowest BCUT2D eigenvalue weighted by molar-refractivity contribution is 0.474. The molecule has 0 aliphatic heterocycles. The fourth-order valence-electron chi connectivity index (χ4n) is 1.91. The first-order valence-electron chi connectivity index (χ1n) is 5.27. The molecule has 3 nitrogen and oxygen atoms in total. The van der Waals surface area contributed by atoms with E-state index in [1.807, 2.05) is 6.20 Å². The van der Waals surface area contributed by atoms with E-state index in [1.54, 1.807) is 0 Å². The van der Waals surface area contributed by atoms with Gasteiger partial charge in [0.05, 0.1) is 11.7 Å². The van der Waals surface area contributed by atoms with Crippen LogP contribution in [0.15, 0.2) is 18.3 Å². The lowest BCUT2D eigenvalue weighted by atomic mass is 9.86. The third-order valence-electron chi connectivity index (χ3n) is 3.13. The van der Waals surface area contributed by atoms with E-state index in [9.17, 15) is 0 Å². The molecule has 0 saturated carbocycles. The van der Waals surface area contributed by atoms with Gasteiger partial charge in [-0.2, -0.15) is 5.10 Å². The van der Waals surface area contributed by atoms with E-state index in [-0.39, 0.29) is 5.54 Å². The van der Waals surface area contributed by atoms with Crippen LogP contribution in [0, 0.1) is 6.92 Å². The maximum atomic E-state index is 6.27. The van der Waals surface area contributed by atoms with Crippen LogP contribution in [-0.4, -0.2) is 10.2 Å². The highest BCUT2D eigenvalue weighted by molar-refractivity contribution is 5.80. The van der Waals surface area contributed by atoms with Crippen molar-refractivity contribution < 1.29 is 0 Å². The van der Waals surface area contributed by atoms with Crippen molar-refractivity contribution in [2.24, 2.45) is 5.73 Å². The smallest absolute Gasteiger partial charge is 0.0653 e. The molecule has 3 N–H and O–H groups in total. The summed E-state index contributed by atoms with van der Waals surface area (Å²) >= 11 is 0. The van der Waals surface area contributed by atoms with Crippen molar-refractivity contribution in [3.05, 3.63) is 29.5 Å². The molecule has 2 aromatic rings. The summed E-state index contributed by atoms with van der Waals surface area (Å²) in [6.07, 6.45) is 2.77. The van der Waals surface area contributed by atoms with Gasteiger partial charge in [-0.25, -0.2) is 0 Å². The number of fused-ring (bicyclic) bond motifs is 1. The van der Waals surface area contributed by atoms with Gasteiger partial charge >= 0.3 is 0 Å². The highest BCUT2D eigenvalue weighted by Crippen LogP contribution is 2.27. The van der Waals surface area contributed by atoms with Crippen molar-refractivity contribution >= 4 is 10.9 Å². The van der Waals surface area contributed by atoms with E-state index in [4.69, 9.17) is 5.73 Å². The summed E-state index contributed by atoms with van der Waals surface area (Å²) in [5, 5.41) is 8.12. The summed E-state index contributed by atoms with van der Waals surface area (Å²) in [7, 11) is 0. The second kappa shape index (κ2) is 3.35. The van der Waals surface area contributed by atoms with Crippen LogP contribution in [0.3, 0.4) is 0 Å². The van der Waals surface area contributed by atoms with Crippen LogP contribution < -0.4 is 5.73 Å². The predicted molar refractivity (Wildman–Crippen MR) is 62.7 cm³/mol. The van der Waals surface area contributed by atoms with Crippen LogP contribution in [0.1, 0.15) is 31.4 Å². The van der Waals surface area contributed by atoms with Gasteiger partial charge in [0.2, 0.25) is 0 Å². The summed E-state index contributed by atoms with van der Waals surface area (Å²) in [6, 6.07) is 4.25. The van der Waals surface area contributed by atoms with Gasteiger partial charge in [-0.1, -0.05) is 6.92 Å². The summed E-state index contributed by atoms with van der Waals surface area (Å²) in [4.78, 5) is 0. The second-order valence-corrected chi connectivity index (χ2v) is 4.40. The second-order valence-electron chi connectivity index (χ2n) is 4.40. The van der Waals surface area contributed by atoms with Gasteiger partial charge < -0.3 is 5.73 Å². The molecule has 1 heterocycles. The lowest BCUT2D eigenvalue weighted by Crippen LogP contribution is -2.32. The zero-order valence-corrected chi connectivity index (χ0v) is 9.46. The Morgan fingerprint density at radius 3 is 2.87 bits per heavy atom. The van der Waals surface area contributed by atoms with Crippen LogP contribution in [0.25, 0.3) is 10.9 Å². The first kappa shape index (κ1) is 10.2. The molecule has 0 aliphatic rings. The van der Waals surface area contributed by atoms with Gasteiger partial charge in [0.1, 0.15) is 0 Å². The zero-order valence-electron chi connectivity index (χ0n) is 9.46. The first-order valence-corrected chi connectivity index (χ1v) is 5.27. The van der Waals surface area contributed by atoms with Crippen molar-refractivity contribution in [3.8, 4) is 0 Å². The number of aromatic nitrogens is 2. The Balaban J connectivity index is 2.65. The SMILES string of the molecule is CC[C@](C)(N)c1cc2cn[nH]c2cc1C. The number of rotatable bonds is 2. The topological polar surface area (TPSA) is 54.7 Å². The van der Waals surface area contributed by atoms with Crippen molar-refractivity contribution in [1.82, 2.24) is 10.2 Å². The molecule has 1 aromatic carbocycles. The van der Waals surface area contributed by atoms with E-state index in [0.717, 1.165) is 17.3 Å². The molecule has 15 heavy (non-hydrogen) atoms. The summed E-state index contributed by atoms with van der Waals surface area (Å²) < 4.78 is 0. The Morgan fingerprint density at radius 2 is 2.20 bits per heavy atom. The third kappa shape index (κ3) is 1.63. The van der Waals surface area contributed by atoms with E-state index in [0.29, 0.717) is 0 Å². The minimum absolute atomic E-state index is 0.254. The number of hydrogen-bond acceptors (Lipinski definition) is 2. The van der Waals surface area contributed by atoms with Crippen LogP contribution >= 0.6 is 0 Å². The van der Waals surface area contributed by atoms with Gasteiger partial charge in [0.25, 0.3) is 0 Å². The average molecular weight is 203 g/mol. The summed E-state index contributed by atoms with van der Waals surface area (Å²) in [6.45, 7) is 6.27. The van der Waals surface area contributed by atoms with Gasteiger partial charge in [-0.05, 0) is 43.5 Å². The molecule has 0 aliphatic carbocycles. The predicted octanol–water partition coefficient (Wildman–Crippen LogP) is 2.46. The molecule has 3 heteroatoms. The Hall–Kier alpha value is -1.35. The van der Waals surface area contributed by atoms with Gasteiger partial charge in [0.15, 0.2) is 0 Å². The highest BCUT2D eigenvalue weighted by Gasteiger charge is 2.21. The van der Waals surface area contributed by atoms with E-state index >= 15 is 0 Å². The Morgan fingerprint density at radius 1 is 1.47 bits per heavy atom. The number of nitrogens with zero attached hydrogens (tertiary/aromatic N) is 1. The van der Waals surface area contributed by atoms with Crippen LogP contribution in [0.4, 0.5) is 0 Å². The number of nitrogens with two attached hydrogens (primary N) is 1. The van der Waals surface area contributed by atoms with Gasteiger partial charge in [-0.15, -0.1) is 0 Å². The molecule has 0 radical (unpaired) electrons. The van der Waals surface area contributed by atoms with Crippen molar-refractivity contribution in [3.63, 3.8) is 0 Å². The molecule has 0 unspecified atom stereocenters. The van der Waals surface area contributed by atoms with Crippen LogP contribution in [-0.2, 0) is 5.54 Å². The minimum atomic E-state index is -0.254. The van der Waals surface area contributed by atoms with Crippen molar-refractivity contribution in [2.75, 3.05) is 0 Å². The monoisotopic (exact) mass is 203 g/mol. The normalized spacial score (nSPS) is 15.5.